The third kappa shape index (κ3) is 4.69. The van der Waals surface area contributed by atoms with Crippen molar-refractivity contribution in [3.63, 3.8) is 0 Å². The number of allylic oxidation sites excluding steroid dienone is 2. The number of fused-ring (bicyclic) bond motifs is 5. The van der Waals surface area contributed by atoms with E-state index in [9.17, 15) is 10.2 Å². The van der Waals surface area contributed by atoms with Crippen LogP contribution in [-0.2, 0) is 0 Å². The Kier molecular flexibility index (Phi) is 9.26. The van der Waals surface area contributed by atoms with E-state index in [-0.39, 0.29) is 43.1 Å². The monoisotopic (exact) mass is 416 g/mol. The summed E-state index contributed by atoms with van der Waals surface area (Å²) in [6, 6.07) is 0. The van der Waals surface area contributed by atoms with Gasteiger partial charge in [-0.2, -0.15) is 0 Å². The van der Waals surface area contributed by atoms with E-state index >= 15 is 0 Å². The van der Waals surface area contributed by atoms with E-state index in [4.69, 9.17) is 0 Å². The van der Waals surface area contributed by atoms with E-state index in [1.807, 2.05) is 6.08 Å². The first kappa shape index (κ1) is 27.7. The average molecular weight is 417 g/mol. The van der Waals surface area contributed by atoms with Gasteiger partial charge in [-0.25, -0.2) is 0 Å². The van der Waals surface area contributed by atoms with E-state index in [2.05, 4.69) is 40.7 Å². The Morgan fingerprint density at radius 2 is 1.74 bits per heavy atom. The number of hydrogen-bond donors (Lipinski definition) is 2. The number of aliphatic hydroxyl groups is 2. The Bertz CT molecular complexity index is 687. The number of rotatable bonds is 5. The minimum absolute atomic E-state index is 0. The molecule has 0 aromatic carbocycles. The van der Waals surface area contributed by atoms with Crippen LogP contribution in [0, 0.1) is 46.3 Å². The zero-order chi connectivity index (χ0) is 21.0. The molecule has 2 nitrogen and oxygen atoms in total. The Labute approximate surface area is 215 Å². The minimum atomic E-state index is -0.442. The zero-order valence-electron chi connectivity index (χ0n) is 19.5. The fourth-order valence-electron chi connectivity index (χ4n) is 8.38. The Morgan fingerprint density at radius 1 is 1.03 bits per heavy atom. The van der Waals surface area contributed by atoms with Gasteiger partial charge in [-0.3, -0.25) is 0 Å². The standard InChI is InChI=1S/C27H44O2.2Li.2H/c1-17(2)7-6-8-18(3)22-11-12-23-21-10-9-19-15-20(28)16-25(29)27(19,5)24(21)13-14-26(22,23)4;;;;/h9,15,17-18,21-25,28-29H,6-8,10-14,16H2,1-5H3;;;;/t18-,21+,22-,23+,24+,25+,26-,27+;;;;/m1..../s1. The van der Waals surface area contributed by atoms with E-state index in [0.717, 1.165) is 30.1 Å². The Morgan fingerprint density at radius 3 is 2.42 bits per heavy atom. The van der Waals surface area contributed by atoms with Gasteiger partial charge in [0.1, 0.15) is 0 Å². The maximum absolute atomic E-state index is 11.0. The van der Waals surface area contributed by atoms with Crippen LogP contribution >= 0.6 is 0 Å². The summed E-state index contributed by atoms with van der Waals surface area (Å²) >= 11 is 0. The number of hydrogen-bond acceptors (Lipinski definition) is 2. The van der Waals surface area contributed by atoms with Crippen LogP contribution in [0.2, 0.25) is 0 Å². The van der Waals surface area contributed by atoms with Gasteiger partial charge >= 0.3 is 37.7 Å². The van der Waals surface area contributed by atoms with Crippen LogP contribution in [-0.4, -0.2) is 54.0 Å². The van der Waals surface area contributed by atoms with E-state index in [1.165, 1.54) is 50.5 Å². The summed E-state index contributed by atoms with van der Waals surface area (Å²) in [5.74, 6) is 4.97. The predicted octanol–water partition coefficient (Wildman–Crippen LogP) is 5.75. The molecule has 0 aromatic rings. The maximum atomic E-state index is 11.0. The van der Waals surface area contributed by atoms with Crippen molar-refractivity contribution >= 4 is 37.7 Å². The van der Waals surface area contributed by atoms with Gasteiger partial charge in [0.15, 0.2) is 0 Å². The summed E-state index contributed by atoms with van der Waals surface area (Å²) in [4.78, 5) is 0. The molecular formula is C27H46Li2O2. The summed E-state index contributed by atoms with van der Waals surface area (Å²) in [7, 11) is 0. The molecule has 0 saturated heterocycles. The van der Waals surface area contributed by atoms with E-state index < -0.39 is 6.10 Å². The van der Waals surface area contributed by atoms with Crippen LogP contribution in [0.3, 0.4) is 0 Å². The predicted molar refractivity (Wildman–Crippen MR) is 135 cm³/mol. The Balaban J connectivity index is 0.00000171. The van der Waals surface area contributed by atoms with Crippen molar-refractivity contribution < 1.29 is 10.2 Å². The average Bonchev–Trinajstić information content (AvgIpc) is 3.00. The van der Waals surface area contributed by atoms with Crippen molar-refractivity contribution in [1.82, 2.24) is 0 Å². The van der Waals surface area contributed by atoms with Crippen molar-refractivity contribution in [1.29, 1.82) is 0 Å². The molecule has 0 aliphatic heterocycles. The molecule has 2 N–H and O–H groups in total. The topological polar surface area (TPSA) is 40.5 Å². The van der Waals surface area contributed by atoms with Gasteiger partial charge in [0.25, 0.3) is 0 Å². The van der Waals surface area contributed by atoms with Crippen LogP contribution in [0.15, 0.2) is 23.5 Å². The van der Waals surface area contributed by atoms with Gasteiger partial charge < -0.3 is 10.2 Å². The van der Waals surface area contributed by atoms with Crippen molar-refractivity contribution in [3.8, 4) is 0 Å². The fourth-order valence-corrected chi connectivity index (χ4v) is 8.38. The summed E-state index contributed by atoms with van der Waals surface area (Å²) in [6.07, 6.45) is 14.9. The van der Waals surface area contributed by atoms with E-state index in [1.54, 1.807) is 0 Å². The molecule has 0 bridgehead atoms. The molecule has 0 spiro atoms. The van der Waals surface area contributed by atoms with Crippen molar-refractivity contribution in [2.45, 2.75) is 98.5 Å². The molecule has 31 heavy (non-hydrogen) atoms. The van der Waals surface area contributed by atoms with Gasteiger partial charge in [0, 0.05) is 11.8 Å². The molecular weight excluding hydrogens is 370 g/mol. The third-order valence-corrected chi connectivity index (χ3v) is 10.1. The quantitative estimate of drug-likeness (QED) is 0.560. The molecule has 4 heteroatoms. The van der Waals surface area contributed by atoms with Gasteiger partial charge in [0.2, 0.25) is 0 Å². The van der Waals surface area contributed by atoms with Gasteiger partial charge in [-0.05, 0) is 84.7 Å². The van der Waals surface area contributed by atoms with E-state index in [0.29, 0.717) is 29.4 Å². The van der Waals surface area contributed by atoms with Gasteiger partial charge in [-0.15, -0.1) is 0 Å². The first-order valence-electron chi connectivity index (χ1n) is 12.5. The normalized spacial score (nSPS) is 42.2. The molecule has 0 radical (unpaired) electrons. The molecule has 0 unspecified atom stereocenters. The molecule has 0 amide bonds. The molecule has 2 saturated carbocycles. The zero-order valence-corrected chi connectivity index (χ0v) is 19.5. The summed E-state index contributed by atoms with van der Waals surface area (Å²) in [6.45, 7) is 12.1. The molecule has 4 rings (SSSR count). The molecule has 4 aliphatic carbocycles. The summed E-state index contributed by atoms with van der Waals surface area (Å²) in [5, 5.41) is 21.1. The first-order chi connectivity index (χ1) is 13.7. The molecule has 0 heterocycles. The molecule has 2 fully saturated rings. The second-order valence-corrected chi connectivity index (χ2v) is 11.9. The van der Waals surface area contributed by atoms with Crippen LogP contribution < -0.4 is 0 Å². The van der Waals surface area contributed by atoms with Crippen molar-refractivity contribution in [3.05, 3.63) is 23.5 Å². The molecule has 8 atom stereocenters. The summed E-state index contributed by atoms with van der Waals surface area (Å²) in [5.41, 5.74) is 1.52. The first-order valence-corrected chi connectivity index (χ1v) is 12.5. The fraction of sp³-hybridized carbons (Fsp3) is 0.852. The van der Waals surface area contributed by atoms with Crippen LogP contribution in [0.4, 0.5) is 0 Å². The molecule has 168 valence electrons. The molecule has 0 aromatic heterocycles. The third-order valence-electron chi connectivity index (χ3n) is 10.1. The van der Waals surface area contributed by atoms with Crippen molar-refractivity contribution in [2.75, 3.05) is 0 Å². The van der Waals surface area contributed by atoms with Crippen LogP contribution in [0.25, 0.3) is 0 Å². The van der Waals surface area contributed by atoms with Gasteiger partial charge in [-0.1, -0.05) is 60.0 Å². The molecule has 4 aliphatic rings. The van der Waals surface area contributed by atoms with Gasteiger partial charge in [0.05, 0.1) is 11.9 Å². The van der Waals surface area contributed by atoms with Crippen LogP contribution in [0.1, 0.15) is 92.4 Å². The second-order valence-electron chi connectivity index (χ2n) is 11.9. The van der Waals surface area contributed by atoms with Crippen molar-refractivity contribution in [2.24, 2.45) is 46.3 Å². The summed E-state index contributed by atoms with van der Waals surface area (Å²) < 4.78 is 0. The number of aliphatic hydroxyl groups excluding tert-OH is 2. The Hall–Kier alpha value is 0.435. The SMILES string of the molecule is CC(C)CCC[C@@H](C)[C@H]1CC[C@H]2[C@@H]3CC=C4C=C(O)C[C@H](O)[C@]4(C)[C@H]3CC[C@]12C.[LiH].[LiH]. The second kappa shape index (κ2) is 10.4. The van der Waals surface area contributed by atoms with Crippen LogP contribution in [0.5, 0.6) is 0 Å².